The summed E-state index contributed by atoms with van der Waals surface area (Å²) in [6.07, 6.45) is 2.67. The molecule has 0 aliphatic rings. The van der Waals surface area contributed by atoms with Gasteiger partial charge in [0.25, 0.3) is 0 Å². The summed E-state index contributed by atoms with van der Waals surface area (Å²) in [6, 6.07) is 0. The number of rotatable bonds is 5. The number of nitrogens with two attached hydrogens (primary N) is 1. The molecule has 6 nitrogen and oxygen atoms in total. The maximum Gasteiger partial charge on any atom is 0.169 e. The maximum atomic E-state index is 6.34. The molecule has 0 saturated heterocycles. The van der Waals surface area contributed by atoms with Crippen LogP contribution >= 0.6 is 11.6 Å². The second-order valence-electron chi connectivity index (χ2n) is 4.51. The third kappa shape index (κ3) is 2.58. The molecule has 19 heavy (non-hydrogen) atoms. The Labute approximate surface area is 117 Å². The van der Waals surface area contributed by atoms with Gasteiger partial charge in [-0.3, -0.25) is 4.68 Å². The van der Waals surface area contributed by atoms with Gasteiger partial charge in [0.2, 0.25) is 0 Å². The van der Waals surface area contributed by atoms with Crippen molar-refractivity contribution in [3.8, 4) is 0 Å². The van der Waals surface area contributed by atoms with Gasteiger partial charge in [-0.2, -0.15) is 5.10 Å². The molecule has 0 aromatic carbocycles. The van der Waals surface area contributed by atoms with Crippen molar-refractivity contribution in [1.29, 1.82) is 0 Å². The SMILES string of the molecule is CCCc1c(N)nnn1Cc1c(Cl)c(CC)nn1C. The first-order valence-electron chi connectivity index (χ1n) is 6.46. The van der Waals surface area contributed by atoms with Gasteiger partial charge in [-0.1, -0.05) is 37.1 Å². The van der Waals surface area contributed by atoms with Crippen LogP contribution < -0.4 is 5.73 Å². The molecule has 2 N–H and O–H groups in total. The van der Waals surface area contributed by atoms with Crippen LogP contribution in [0, 0.1) is 0 Å². The van der Waals surface area contributed by atoms with Gasteiger partial charge in [-0.15, -0.1) is 5.10 Å². The van der Waals surface area contributed by atoms with Gasteiger partial charge in [-0.25, -0.2) is 4.68 Å². The van der Waals surface area contributed by atoms with Gasteiger partial charge in [0.15, 0.2) is 5.82 Å². The van der Waals surface area contributed by atoms with E-state index >= 15 is 0 Å². The van der Waals surface area contributed by atoms with E-state index in [0.29, 0.717) is 17.4 Å². The van der Waals surface area contributed by atoms with Crippen LogP contribution in [0.4, 0.5) is 5.82 Å². The highest BCUT2D eigenvalue weighted by atomic mass is 35.5. The summed E-state index contributed by atoms with van der Waals surface area (Å²) < 4.78 is 3.61. The molecule has 2 heterocycles. The monoisotopic (exact) mass is 282 g/mol. The van der Waals surface area contributed by atoms with E-state index in [1.54, 1.807) is 9.36 Å². The van der Waals surface area contributed by atoms with Crippen molar-refractivity contribution in [3.63, 3.8) is 0 Å². The molecule has 7 heteroatoms. The molecule has 0 fully saturated rings. The Balaban J connectivity index is 2.33. The van der Waals surface area contributed by atoms with Crippen molar-refractivity contribution in [2.75, 3.05) is 5.73 Å². The number of nitrogens with zero attached hydrogens (tertiary/aromatic N) is 5. The van der Waals surface area contributed by atoms with Crippen molar-refractivity contribution >= 4 is 17.4 Å². The van der Waals surface area contributed by atoms with Crippen LogP contribution in [0.1, 0.15) is 37.4 Å². The molecule has 2 aromatic heterocycles. The molecule has 0 unspecified atom stereocenters. The standard InChI is InChI=1S/C12H19ClN6/c1-4-6-9-12(14)15-17-19(9)7-10-11(13)8(5-2)16-18(10)3/h4-7,14H2,1-3H3. The zero-order chi connectivity index (χ0) is 14.0. The van der Waals surface area contributed by atoms with E-state index in [1.165, 1.54) is 0 Å². The summed E-state index contributed by atoms with van der Waals surface area (Å²) in [7, 11) is 1.89. The smallest absolute Gasteiger partial charge is 0.169 e. The summed E-state index contributed by atoms with van der Waals surface area (Å²) in [4.78, 5) is 0. The molecule has 104 valence electrons. The lowest BCUT2D eigenvalue weighted by Gasteiger charge is -2.07. The lowest BCUT2D eigenvalue weighted by molar-refractivity contribution is 0.575. The second-order valence-corrected chi connectivity index (χ2v) is 4.89. The molecule has 0 atom stereocenters. The van der Waals surface area contributed by atoms with E-state index in [-0.39, 0.29) is 0 Å². The minimum Gasteiger partial charge on any atom is -0.381 e. The Morgan fingerprint density at radius 2 is 2.00 bits per heavy atom. The topological polar surface area (TPSA) is 74.6 Å². The zero-order valence-electron chi connectivity index (χ0n) is 11.5. The van der Waals surface area contributed by atoms with Crippen LogP contribution in [-0.2, 0) is 26.4 Å². The molecule has 0 saturated carbocycles. The Morgan fingerprint density at radius 1 is 1.26 bits per heavy atom. The molecule has 0 bridgehead atoms. The number of halogens is 1. The average molecular weight is 283 g/mol. The number of hydrogen-bond donors (Lipinski definition) is 1. The van der Waals surface area contributed by atoms with Gasteiger partial charge in [-0.05, 0) is 12.8 Å². The third-order valence-corrected chi connectivity index (χ3v) is 3.59. The Kier molecular flexibility index (Phi) is 4.09. The first-order chi connectivity index (χ1) is 9.08. The van der Waals surface area contributed by atoms with Crippen molar-refractivity contribution in [3.05, 3.63) is 22.1 Å². The van der Waals surface area contributed by atoms with Crippen LogP contribution in [0.2, 0.25) is 5.02 Å². The molecule has 0 amide bonds. The Bertz CT molecular complexity index is 571. The summed E-state index contributed by atoms with van der Waals surface area (Å²) in [5, 5.41) is 13.1. The first-order valence-corrected chi connectivity index (χ1v) is 6.84. The van der Waals surface area contributed by atoms with Crippen molar-refractivity contribution in [2.45, 2.75) is 39.7 Å². The van der Waals surface area contributed by atoms with Crippen molar-refractivity contribution in [1.82, 2.24) is 24.8 Å². The van der Waals surface area contributed by atoms with Crippen LogP contribution in [0.5, 0.6) is 0 Å². The predicted octanol–water partition coefficient (Wildman–Crippen LogP) is 1.81. The van der Waals surface area contributed by atoms with Crippen LogP contribution in [0.25, 0.3) is 0 Å². The van der Waals surface area contributed by atoms with Crippen molar-refractivity contribution in [2.24, 2.45) is 7.05 Å². The average Bonchev–Trinajstić information content (AvgIpc) is 2.86. The predicted molar refractivity (Wildman–Crippen MR) is 75.1 cm³/mol. The number of aryl methyl sites for hydroxylation is 2. The molecule has 0 aliphatic heterocycles. The highest BCUT2D eigenvalue weighted by Crippen LogP contribution is 2.22. The fourth-order valence-corrected chi connectivity index (χ4v) is 2.45. The van der Waals surface area contributed by atoms with E-state index in [1.807, 2.05) is 14.0 Å². The highest BCUT2D eigenvalue weighted by molar-refractivity contribution is 6.31. The summed E-state index contributed by atoms with van der Waals surface area (Å²) in [5.41, 5.74) is 8.63. The minimum absolute atomic E-state index is 0.496. The molecule has 2 aromatic rings. The largest absolute Gasteiger partial charge is 0.381 e. The van der Waals surface area contributed by atoms with E-state index in [0.717, 1.165) is 36.3 Å². The van der Waals surface area contributed by atoms with Crippen LogP contribution in [0.3, 0.4) is 0 Å². The fourth-order valence-electron chi connectivity index (χ4n) is 2.10. The van der Waals surface area contributed by atoms with Gasteiger partial charge in [0, 0.05) is 7.05 Å². The minimum atomic E-state index is 0.496. The molecule has 0 spiro atoms. The molecule has 2 rings (SSSR count). The van der Waals surface area contributed by atoms with E-state index in [9.17, 15) is 0 Å². The summed E-state index contributed by atoms with van der Waals surface area (Å²) >= 11 is 6.34. The van der Waals surface area contributed by atoms with Crippen molar-refractivity contribution < 1.29 is 0 Å². The number of anilines is 1. The highest BCUT2D eigenvalue weighted by Gasteiger charge is 2.16. The van der Waals surface area contributed by atoms with Gasteiger partial charge < -0.3 is 5.73 Å². The normalized spacial score (nSPS) is 11.2. The van der Waals surface area contributed by atoms with E-state index < -0.39 is 0 Å². The summed E-state index contributed by atoms with van der Waals surface area (Å²) in [5.74, 6) is 0.496. The zero-order valence-corrected chi connectivity index (χ0v) is 12.3. The third-order valence-electron chi connectivity index (χ3n) is 3.16. The van der Waals surface area contributed by atoms with E-state index in [4.69, 9.17) is 17.3 Å². The van der Waals surface area contributed by atoms with Crippen LogP contribution in [0.15, 0.2) is 0 Å². The van der Waals surface area contributed by atoms with E-state index in [2.05, 4.69) is 22.3 Å². The molecular formula is C12H19ClN6. The first kappa shape index (κ1) is 13.9. The summed E-state index contributed by atoms with van der Waals surface area (Å²) in [6.45, 7) is 4.68. The van der Waals surface area contributed by atoms with Gasteiger partial charge >= 0.3 is 0 Å². The van der Waals surface area contributed by atoms with Gasteiger partial charge in [0.1, 0.15) is 0 Å². The fraction of sp³-hybridized carbons (Fsp3) is 0.583. The molecule has 0 radical (unpaired) electrons. The van der Waals surface area contributed by atoms with Gasteiger partial charge in [0.05, 0.1) is 28.6 Å². The molecular weight excluding hydrogens is 264 g/mol. The quantitative estimate of drug-likeness (QED) is 0.907. The Morgan fingerprint density at radius 3 is 2.58 bits per heavy atom. The number of nitrogen functional groups attached to an aromatic ring is 1. The lowest BCUT2D eigenvalue weighted by Crippen LogP contribution is -2.11. The number of aromatic nitrogens is 5. The Hall–Kier alpha value is -1.56. The number of hydrogen-bond acceptors (Lipinski definition) is 4. The maximum absolute atomic E-state index is 6.34. The second kappa shape index (κ2) is 5.61. The lowest BCUT2D eigenvalue weighted by atomic mass is 10.2. The van der Waals surface area contributed by atoms with Crippen LogP contribution in [-0.4, -0.2) is 24.8 Å². The molecule has 0 aliphatic carbocycles.